The Labute approximate surface area is 94.9 Å². The van der Waals surface area contributed by atoms with Crippen molar-refractivity contribution in [3.05, 3.63) is 18.0 Å². The van der Waals surface area contributed by atoms with Crippen LogP contribution in [0.4, 0.5) is 0 Å². The van der Waals surface area contributed by atoms with E-state index in [1.54, 1.807) is 6.20 Å². The number of rotatable bonds is 4. The molecule has 1 aliphatic heterocycles. The van der Waals surface area contributed by atoms with Crippen molar-refractivity contribution in [3.63, 3.8) is 0 Å². The summed E-state index contributed by atoms with van der Waals surface area (Å²) in [7, 11) is 0. The summed E-state index contributed by atoms with van der Waals surface area (Å²) in [5.41, 5.74) is 0.975. The first kappa shape index (κ1) is 11.0. The van der Waals surface area contributed by atoms with Crippen LogP contribution in [0, 0.1) is 0 Å². The number of thioether (sulfide) groups is 1. The molecule has 2 heterocycles. The van der Waals surface area contributed by atoms with Crippen LogP contribution in [0.1, 0.15) is 37.9 Å². The van der Waals surface area contributed by atoms with Gasteiger partial charge in [-0.15, -0.1) is 0 Å². The first-order valence-electron chi connectivity index (χ1n) is 5.63. The second-order valence-corrected chi connectivity index (χ2v) is 5.38. The van der Waals surface area contributed by atoms with Gasteiger partial charge in [-0.2, -0.15) is 16.9 Å². The Morgan fingerprint density at radius 3 is 3.27 bits per heavy atom. The van der Waals surface area contributed by atoms with E-state index < -0.39 is 0 Å². The largest absolute Gasteiger partial charge is 0.387 e. The van der Waals surface area contributed by atoms with E-state index in [-0.39, 0.29) is 6.10 Å². The lowest BCUT2D eigenvalue weighted by Gasteiger charge is -2.14. The van der Waals surface area contributed by atoms with Gasteiger partial charge < -0.3 is 5.11 Å². The average Bonchev–Trinajstić information content (AvgIpc) is 2.87. The summed E-state index contributed by atoms with van der Waals surface area (Å²) in [6, 6.07) is 0. The maximum absolute atomic E-state index is 10.1. The SMILES string of the molecule is CCCn1cc(C(O)C2CCCS2)cn1. The van der Waals surface area contributed by atoms with Crippen LogP contribution >= 0.6 is 11.8 Å². The fraction of sp³-hybridized carbons (Fsp3) is 0.727. The Morgan fingerprint density at radius 1 is 1.73 bits per heavy atom. The topological polar surface area (TPSA) is 38.0 Å². The van der Waals surface area contributed by atoms with Gasteiger partial charge in [0.2, 0.25) is 0 Å². The van der Waals surface area contributed by atoms with E-state index in [1.165, 1.54) is 12.2 Å². The minimum Gasteiger partial charge on any atom is -0.387 e. The third-order valence-corrected chi connectivity index (χ3v) is 4.21. The smallest absolute Gasteiger partial charge is 0.0938 e. The van der Waals surface area contributed by atoms with Gasteiger partial charge >= 0.3 is 0 Å². The number of nitrogens with zero attached hydrogens (tertiary/aromatic N) is 2. The zero-order valence-corrected chi connectivity index (χ0v) is 9.91. The van der Waals surface area contributed by atoms with Gasteiger partial charge in [0.25, 0.3) is 0 Å². The van der Waals surface area contributed by atoms with Crippen molar-refractivity contribution in [3.8, 4) is 0 Å². The van der Waals surface area contributed by atoms with Crippen LogP contribution < -0.4 is 0 Å². The number of aliphatic hydroxyl groups is 1. The maximum atomic E-state index is 10.1. The molecule has 4 heteroatoms. The van der Waals surface area contributed by atoms with Crippen molar-refractivity contribution < 1.29 is 5.11 Å². The summed E-state index contributed by atoms with van der Waals surface area (Å²) in [4.78, 5) is 0. The Hall–Kier alpha value is -0.480. The highest BCUT2D eigenvalue weighted by Gasteiger charge is 2.25. The van der Waals surface area contributed by atoms with Crippen LogP contribution in [0.3, 0.4) is 0 Å². The monoisotopic (exact) mass is 226 g/mol. The van der Waals surface area contributed by atoms with Crippen molar-refractivity contribution in [1.29, 1.82) is 0 Å². The molecule has 0 amide bonds. The van der Waals surface area contributed by atoms with Crippen LogP contribution in [0.15, 0.2) is 12.4 Å². The molecule has 1 saturated heterocycles. The zero-order valence-electron chi connectivity index (χ0n) is 9.09. The molecule has 15 heavy (non-hydrogen) atoms. The molecular weight excluding hydrogens is 208 g/mol. The molecule has 1 aromatic rings. The quantitative estimate of drug-likeness (QED) is 0.855. The summed E-state index contributed by atoms with van der Waals surface area (Å²) in [5, 5.41) is 14.8. The van der Waals surface area contributed by atoms with E-state index in [0.717, 1.165) is 24.9 Å². The zero-order chi connectivity index (χ0) is 10.7. The lowest BCUT2D eigenvalue weighted by atomic mass is 10.1. The summed E-state index contributed by atoms with van der Waals surface area (Å²) < 4.78 is 1.91. The third-order valence-electron chi connectivity index (χ3n) is 2.76. The Morgan fingerprint density at radius 2 is 2.60 bits per heavy atom. The summed E-state index contributed by atoms with van der Waals surface area (Å²) in [6.45, 7) is 3.06. The molecule has 0 saturated carbocycles. The fourth-order valence-corrected chi connectivity index (χ4v) is 3.26. The molecule has 2 unspecified atom stereocenters. The fourth-order valence-electron chi connectivity index (χ4n) is 1.95. The van der Waals surface area contributed by atoms with Gasteiger partial charge in [0, 0.05) is 23.6 Å². The van der Waals surface area contributed by atoms with Gasteiger partial charge in [0.05, 0.1) is 12.3 Å². The molecular formula is C11H18N2OS. The molecule has 0 spiro atoms. The van der Waals surface area contributed by atoms with Crippen LogP contribution in [0.5, 0.6) is 0 Å². The Kier molecular flexibility index (Phi) is 3.70. The van der Waals surface area contributed by atoms with Crippen LogP contribution in [-0.2, 0) is 6.54 Å². The standard InChI is InChI=1S/C11H18N2OS/c1-2-5-13-8-9(7-12-13)11(14)10-4-3-6-15-10/h7-8,10-11,14H,2-6H2,1H3. The van der Waals surface area contributed by atoms with Gasteiger partial charge in [-0.05, 0) is 25.0 Å². The maximum Gasteiger partial charge on any atom is 0.0938 e. The second-order valence-electron chi connectivity index (χ2n) is 4.03. The minimum absolute atomic E-state index is 0.330. The molecule has 84 valence electrons. The molecule has 1 fully saturated rings. The average molecular weight is 226 g/mol. The van der Waals surface area contributed by atoms with Crippen LogP contribution in [0.25, 0.3) is 0 Å². The second kappa shape index (κ2) is 5.03. The van der Waals surface area contributed by atoms with E-state index in [9.17, 15) is 5.11 Å². The molecule has 0 bridgehead atoms. The predicted molar refractivity (Wildman–Crippen MR) is 63.0 cm³/mol. The normalized spacial score (nSPS) is 23.2. The predicted octanol–water partition coefficient (Wildman–Crippen LogP) is 2.22. The van der Waals surface area contributed by atoms with E-state index in [1.807, 2.05) is 22.6 Å². The van der Waals surface area contributed by atoms with Crippen LogP contribution in [0.2, 0.25) is 0 Å². The number of aryl methyl sites for hydroxylation is 1. The highest BCUT2D eigenvalue weighted by atomic mass is 32.2. The van der Waals surface area contributed by atoms with Crippen molar-refractivity contribution in [2.45, 2.75) is 44.1 Å². The first-order chi connectivity index (χ1) is 7.31. The van der Waals surface area contributed by atoms with Gasteiger partial charge in [0.15, 0.2) is 0 Å². The number of aromatic nitrogens is 2. The molecule has 0 aromatic carbocycles. The summed E-state index contributed by atoms with van der Waals surface area (Å²) in [5.74, 6) is 1.19. The summed E-state index contributed by atoms with van der Waals surface area (Å²) in [6.07, 6.45) is 6.89. The first-order valence-corrected chi connectivity index (χ1v) is 6.68. The lowest BCUT2D eigenvalue weighted by Crippen LogP contribution is -2.11. The molecule has 0 aliphatic carbocycles. The number of hydrogen-bond acceptors (Lipinski definition) is 3. The minimum atomic E-state index is -0.330. The van der Waals surface area contributed by atoms with E-state index in [0.29, 0.717) is 5.25 Å². The lowest BCUT2D eigenvalue weighted by molar-refractivity contribution is 0.173. The molecule has 3 nitrogen and oxygen atoms in total. The molecule has 2 atom stereocenters. The highest BCUT2D eigenvalue weighted by molar-refractivity contribution is 8.00. The van der Waals surface area contributed by atoms with Crippen molar-refractivity contribution in [2.24, 2.45) is 0 Å². The van der Waals surface area contributed by atoms with Gasteiger partial charge in [-0.25, -0.2) is 0 Å². The van der Waals surface area contributed by atoms with Crippen molar-refractivity contribution in [1.82, 2.24) is 9.78 Å². The Bertz CT molecular complexity index is 307. The molecule has 1 N–H and O–H groups in total. The molecule has 2 rings (SSSR count). The summed E-state index contributed by atoms with van der Waals surface area (Å²) >= 11 is 1.88. The van der Waals surface area contributed by atoms with Gasteiger partial charge in [-0.3, -0.25) is 4.68 Å². The number of aliphatic hydroxyl groups excluding tert-OH is 1. The van der Waals surface area contributed by atoms with Crippen molar-refractivity contribution >= 4 is 11.8 Å². The van der Waals surface area contributed by atoms with Crippen LogP contribution in [-0.4, -0.2) is 25.9 Å². The van der Waals surface area contributed by atoms with Gasteiger partial charge in [-0.1, -0.05) is 6.92 Å². The highest BCUT2D eigenvalue weighted by Crippen LogP contribution is 2.35. The molecule has 0 radical (unpaired) electrons. The molecule has 1 aromatic heterocycles. The number of hydrogen-bond donors (Lipinski definition) is 1. The molecule has 1 aliphatic rings. The van der Waals surface area contributed by atoms with E-state index in [4.69, 9.17) is 0 Å². The third kappa shape index (κ3) is 2.55. The van der Waals surface area contributed by atoms with Gasteiger partial charge in [0.1, 0.15) is 0 Å². The van der Waals surface area contributed by atoms with E-state index >= 15 is 0 Å². The van der Waals surface area contributed by atoms with E-state index in [2.05, 4.69) is 12.0 Å². The van der Waals surface area contributed by atoms with Crippen molar-refractivity contribution in [2.75, 3.05) is 5.75 Å². The Balaban J connectivity index is 2.00.